The highest BCUT2D eigenvalue weighted by Crippen LogP contribution is 2.04. The Morgan fingerprint density at radius 3 is 3.05 bits per heavy atom. The number of amides is 1. The van der Waals surface area contributed by atoms with Crippen LogP contribution in [-0.4, -0.2) is 35.6 Å². The summed E-state index contributed by atoms with van der Waals surface area (Å²) in [6.45, 7) is 2.61. The molecule has 0 aromatic carbocycles. The van der Waals surface area contributed by atoms with Gasteiger partial charge in [-0.05, 0) is 18.6 Å². The van der Waals surface area contributed by atoms with Crippen LogP contribution in [0.5, 0.6) is 0 Å². The molecule has 100 valence electrons. The summed E-state index contributed by atoms with van der Waals surface area (Å²) in [4.78, 5) is 28.2. The first kappa shape index (κ1) is 13.2. The minimum absolute atomic E-state index is 0.0270. The molecule has 0 radical (unpaired) electrons. The number of aryl methyl sites for hydroxylation is 1. The predicted octanol–water partition coefficient (Wildman–Crippen LogP) is 0.379. The summed E-state index contributed by atoms with van der Waals surface area (Å²) in [5.74, 6) is -0.439. The zero-order chi connectivity index (χ0) is 13.8. The standard InChI is InChI=1S/C13H15N3O3/c1-9-4-3-6-16-11(9)15-8-10(13(16)18)12(17)14-5-7-19-2/h3-4,6,8H,5,7H2,1-2H3,(H,14,17). The number of ether oxygens (including phenoxy) is 1. The van der Waals surface area contributed by atoms with Crippen LogP contribution in [0.2, 0.25) is 0 Å². The van der Waals surface area contributed by atoms with Crippen molar-refractivity contribution in [2.24, 2.45) is 0 Å². The van der Waals surface area contributed by atoms with Crippen LogP contribution in [0.4, 0.5) is 0 Å². The van der Waals surface area contributed by atoms with E-state index in [9.17, 15) is 9.59 Å². The Morgan fingerprint density at radius 2 is 2.32 bits per heavy atom. The van der Waals surface area contributed by atoms with Gasteiger partial charge in [0.1, 0.15) is 11.2 Å². The third-order valence-electron chi connectivity index (χ3n) is 2.76. The van der Waals surface area contributed by atoms with E-state index in [1.54, 1.807) is 19.4 Å². The van der Waals surface area contributed by atoms with Gasteiger partial charge in [-0.3, -0.25) is 14.0 Å². The van der Waals surface area contributed by atoms with Crippen LogP contribution in [0.3, 0.4) is 0 Å². The van der Waals surface area contributed by atoms with Gasteiger partial charge in [0.15, 0.2) is 0 Å². The Bertz CT molecular complexity index is 664. The van der Waals surface area contributed by atoms with Crippen molar-refractivity contribution in [3.8, 4) is 0 Å². The fraction of sp³-hybridized carbons (Fsp3) is 0.308. The summed E-state index contributed by atoms with van der Waals surface area (Å²) >= 11 is 0. The fourth-order valence-corrected chi connectivity index (χ4v) is 1.76. The average Bonchev–Trinajstić information content (AvgIpc) is 2.40. The quantitative estimate of drug-likeness (QED) is 0.807. The van der Waals surface area contributed by atoms with E-state index in [0.717, 1.165) is 5.56 Å². The monoisotopic (exact) mass is 261 g/mol. The van der Waals surface area contributed by atoms with Crippen LogP contribution in [-0.2, 0) is 4.74 Å². The number of hydrogen-bond acceptors (Lipinski definition) is 4. The molecule has 2 heterocycles. The molecular formula is C13H15N3O3. The lowest BCUT2D eigenvalue weighted by molar-refractivity contribution is 0.0935. The number of pyridine rings is 1. The van der Waals surface area contributed by atoms with E-state index in [0.29, 0.717) is 18.8 Å². The van der Waals surface area contributed by atoms with Crippen LogP contribution in [0.25, 0.3) is 5.65 Å². The van der Waals surface area contributed by atoms with E-state index in [1.165, 1.54) is 10.6 Å². The molecule has 6 nitrogen and oxygen atoms in total. The second-order valence-electron chi connectivity index (χ2n) is 4.11. The van der Waals surface area contributed by atoms with Crippen molar-refractivity contribution in [1.29, 1.82) is 0 Å². The normalized spacial score (nSPS) is 10.6. The molecule has 6 heteroatoms. The van der Waals surface area contributed by atoms with E-state index in [-0.39, 0.29) is 11.1 Å². The van der Waals surface area contributed by atoms with Gasteiger partial charge in [-0.2, -0.15) is 0 Å². The van der Waals surface area contributed by atoms with Crippen molar-refractivity contribution in [2.75, 3.05) is 20.3 Å². The minimum atomic E-state index is -0.439. The molecule has 0 saturated carbocycles. The lowest BCUT2D eigenvalue weighted by Crippen LogP contribution is -2.33. The van der Waals surface area contributed by atoms with Crippen LogP contribution >= 0.6 is 0 Å². The second kappa shape index (κ2) is 5.62. The van der Waals surface area contributed by atoms with Gasteiger partial charge >= 0.3 is 0 Å². The molecule has 0 saturated heterocycles. The molecular weight excluding hydrogens is 246 g/mol. The second-order valence-corrected chi connectivity index (χ2v) is 4.11. The topological polar surface area (TPSA) is 72.7 Å². The smallest absolute Gasteiger partial charge is 0.270 e. The highest BCUT2D eigenvalue weighted by atomic mass is 16.5. The van der Waals surface area contributed by atoms with Gasteiger partial charge < -0.3 is 10.1 Å². The highest BCUT2D eigenvalue weighted by molar-refractivity contribution is 5.93. The van der Waals surface area contributed by atoms with Crippen molar-refractivity contribution in [3.05, 3.63) is 46.0 Å². The van der Waals surface area contributed by atoms with Gasteiger partial charge in [-0.15, -0.1) is 0 Å². The van der Waals surface area contributed by atoms with E-state index in [1.807, 2.05) is 13.0 Å². The van der Waals surface area contributed by atoms with Crippen LogP contribution in [0, 0.1) is 6.92 Å². The highest BCUT2D eigenvalue weighted by Gasteiger charge is 2.13. The zero-order valence-electron chi connectivity index (χ0n) is 10.8. The Kier molecular flexibility index (Phi) is 3.91. The van der Waals surface area contributed by atoms with Gasteiger partial charge in [0.2, 0.25) is 0 Å². The Morgan fingerprint density at radius 1 is 1.53 bits per heavy atom. The predicted molar refractivity (Wildman–Crippen MR) is 70.4 cm³/mol. The van der Waals surface area contributed by atoms with E-state index >= 15 is 0 Å². The molecule has 0 spiro atoms. The van der Waals surface area contributed by atoms with Gasteiger partial charge in [0, 0.05) is 26.0 Å². The van der Waals surface area contributed by atoms with Crippen molar-refractivity contribution in [3.63, 3.8) is 0 Å². The van der Waals surface area contributed by atoms with E-state index < -0.39 is 5.91 Å². The molecule has 0 aliphatic heterocycles. The van der Waals surface area contributed by atoms with Crippen molar-refractivity contribution in [1.82, 2.24) is 14.7 Å². The number of nitrogens with one attached hydrogen (secondary N) is 1. The molecule has 0 fully saturated rings. The molecule has 0 bridgehead atoms. The summed E-state index contributed by atoms with van der Waals surface area (Å²) in [5.41, 5.74) is 1.09. The summed E-state index contributed by atoms with van der Waals surface area (Å²) in [5, 5.41) is 2.60. The number of aromatic nitrogens is 2. The first-order chi connectivity index (χ1) is 9.15. The number of rotatable bonds is 4. The fourth-order valence-electron chi connectivity index (χ4n) is 1.76. The number of methoxy groups -OCH3 is 1. The molecule has 1 amide bonds. The molecule has 2 aromatic heterocycles. The number of hydrogen-bond donors (Lipinski definition) is 1. The third-order valence-corrected chi connectivity index (χ3v) is 2.76. The Labute approximate surface area is 110 Å². The maximum Gasteiger partial charge on any atom is 0.270 e. The summed E-state index contributed by atoms with van der Waals surface area (Å²) in [6, 6.07) is 3.61. The van der Waals surface area contributed by atoms with Gasteiger partial charge in [0.25, 0.3) is 11.5 Å². The SMILES string of the molecule is COCCNC(=O)c1cnc2c(C)cccn2c1=O. The van der Waals surface area contributed by atoms with Crippen molar-refractivity contribution in [2.45, 2.75) is 6.92 Å². The maximum atomic E-state index is 12.2. The first-order valence-corrected chi connectivity index (χ1v) is 5.89. The molecule has 0 aliphatic carbocycles. The molecule has 1 N–H and O–H groups in total. The number of carbonyl (C=O) groups excluding carboxylic acids is 1. The van der Waals surface area contributed by atoms with Gasteiger partial charge in [-0.1, -0.05) is 6.07 Å². The number of fused-ring (bicyclic) bond motifs is 1. The van der Waals surface area contributed by atoms with E-state index in [4.69, 9.17) is 4.74 Å². The minimum Gasteiger partial charge on any atom is -0.383 e. The molecule has 0 atom stereocenters. The average molecular weight is 261 g/mol. The Hall–Kier alpha value is -2.21. The maximum absolute atomic E-state index is 12.2. The molecule has 0 unspecified atom stereocenters. The summed E-state index contributed by atoms with van der Waals surface area (Å²) < 4.78 is 6.21. The molecule has 0 aliphatic rings. The largest absolute Gasteiger partial charge is 0.383 e. The zero-order valence-corrected chi connectivity index (χ0v) is 10.8. The third kappa shape index (κ3) is 2.63. The van der Waals surface area contributed by atoms with Crippen LogP contribution in [0.15, 0.2) is 29.3 Å². The summed E-state index contributed by atoms with van der Waals surface area (Å²) in [6.07, 6.45) is 2.91. The molecule has 2 aromatic rings. The summed E-state index contributed by atoms with van der Waals surface area (Å²) in [7, 11) is 1.54. The lowest BCUT2D eigenvalue weighted by atomic mass is 10.2. The van der Waals surface area contributed by atoms with E-state index in [2.05, 4.69) is 10.3 Å². The molecule has 2 rings (SSSR count). The van der Waals surface area contributed by atoms with Crippen LogP contribution in [0.1, 0.15) is 15.9 Å². The molecule has 19 heavy (non-hydrogen) atoms. The first-order valence-electron chi connectivity index (χ1n) is 5.89. The number of carbonyl (C=O) groups is 1. The van der Waals surface area contributed by atoms with Crippen molar-refractivity contribution >= 4 is 11.6 Å². The van der Waals surface area contributed by atoms with Crippen LogP contribution < -0.4 is 10.9 Å². The lowest BCUT2D eigenvalue weighted by Gasteiger charge is -2.06. The van der Waals surface area contributed by atoms with Gasteiger partial charge in [-0.25, -0.2) is 4.98 Å². The Balaban J connectivity index is 2.38. The van der Waals surface area contributed by atoms with Crippen molar-refractivity contribution < 1.29 is 9.53 Å². The van der Waals surface area contributed by atoms with Gasteiger partial charge in [0.05, 0.1) is 6.61 Å². The number of nitrogens with zero attached hydrogens (tertiary/aromatic N) is 2.